The lowest BCUT2D eigenvalue weighted by atomic mass is 9.98. The van der Waals surface area contributed by atoms with Crippen LogP contribution in [0.2, 0.25) is 0 Å². The van der Waals surface area contributed by atoms with Gasteiger partial charge in [0.1, 0.15) is 5.75 Å². The van der Waals surface area contributed by atoms with E-state index in [-0.39, 0.29) is 24.0 Å². The van der Waals surface area contributed by atoms with Gasteiger partial charge >= 0.3 is 5.97 Å². The van der Waals surface area contributed by atoms with E-state index < -0.39 is 0 Å². The lowest BCUT2D eigenvalue weighted by molar-refractivity contribution is -0.143. The van der Waals surface area contributed by atoms with Crippen LogP contribution in [0.5, 0.6) is 11.5 Å². The van der Waals surface area contributed by atoms with E-state index in [1.54, 1.807) is 55.3 Å². The first-order valence-electron chi connectivity index (χ1n) is 9.47. The van der Waals surface area contributed by atoms with Gasteiger partial charge in [0.05, 0.1) is 18.7 Å². The molecule has 0 radical (unpaired) electrons. The van der Waals surface area contributed by atoms with Gasteiger partial charge in [-0.25, -0.2) is 0 Å². The molecule has 0 aromatic heterocycles. The highest BCUT2D eigenvalue weighted by Gasteiger charge is 2.25. The van der Waals surface area contributed by atoms with Crippen LogP contribution in [0.1, 0.15) is 29.3 Å². The van der Waals surface area contributed by atoms with E-state index in [1.165, 1.54) is 0 Å². The number of esters is 1. The van der Waals surface area contributed by atoms with Crippen molar-refractivity contribution in [3.63, 3.8) is 0 Å². The zero-order valence-corrected chi connectivity index (χ0v) is 16.4. The number of anilines is 1. The van der Waals surface area contributed by atoms with E-state index >= 15 is 0 Å². The van der Waals surface area contributed by atoms with Crippen LogP contribution in [0.4, 0.5) is 11.4 Å². The lowest BCUT2D eigenvalue weighted by Gasteiger charge is -2.28. The number of carbonyl (C=O) groups is 2. The molecular formula is C21H23N3O5. The van der Waals surface area contributed by atoms with Crippen LogP contribution in [0.25, 0.3) is 0 Å². The minimum atomic E-state index is -0.307. The van der Waals surface area contributed by atoms with Gasteiger partial charge in [-0.05, 0) is 54.4 Å². The van der Waals surface area contributed by atoms with Crippen LogP contribution >= 0.6 is 0 Å². The molecule has 8 nitrogen and oxygen atoms in total. The molecule has 0 aliphatic carbocycles. The molecule has 8 heteroatoms. The van der Waals surface area contributed by atoms with Crippen LogP contribution in [-0.2, 0) is 16.0 Å². The standard InChI is InChI=1S/C21H23N3O5/c1-3-28-19(25)10-12-24-11-9-14-13-15(7-8-16(14)21(24)26)29-18-6-4-5-17(22-2)20(18)23-27/h4-8,13,22H,3,9-12H2,1-2H3. The maximum atomic E-state index is 12.7. The summed E-state index contributed by atoms with van der Waals surface area (Å²) in [6.07, 6.45) is 0.829. The van der Waals surface area contributed by atoms with Crippen LogP contribution < -0.4 is 10.1 Å². The Labute approximate surface area is 168 Å². The summed E-state index contributed by atoms with van der Waals surface area (Å²) in [5.74, 6) is 0.437. The highest BCUT2D eigenvalue weighted by atomic mass is 16.5. The van der Waals surface area contributed by atoms with Gasteiger partial charge in [0.2, 0.25) is 0 Å². The molecule has 2 aromatic rings. The van der Waals surface area contributed by atoms with Crippen molar-refractivity contribution in [1.82, 2.24) is 4.90 Å². The molecule has 2 aromatic carbocycles. The van der Waals surface area contributed by atoms with Crippen molar-refractivity contribution < 1.29 is 19.1 Å². The molecule has 0 spiro atoms. The monoisotopic (exact) mass is 397 g/mol. The quantitative estimate of drug-likeness (QED) is 0.536. The molecule has 0 unspecified atom stereocenters. The average Bonchev–Trinajstić information content (AvgIpc) is 2.73. The van der Waals surface area contributed by atoms with E-state index in [1.807, 2.05) is 0 Å². The lowest BCUT2D eigenvalue weighted by Crippen LogP contribution is -2.39. The highest BCUT2D eigenvalue weighted by molar-refractivity contribution is 5.97. The smallest absolute Gasteiger partial charge is 0.307 e. The predicted octanol–water partition coefficient (Wildman–Crippen LogP) is 3.87. The summed E-state index contributed by atoms with van der Waals surface area (Å²) < 4.78 is 10.8. The number of nitrogens with one attached hydrogen (secondary N) is 1. The van der Waals surface area contributed by atoms with Gasteiger partial charge in [-0.1, -0.05) is 6.07 Å². The summed E-state index contributed by atoms with van der Waals surface area (Å²) >= 11 is 0. The van der Waals surface area contributed by atoms with E-state index in [4.69, 9.17) is 9.47 Å². The number of benzene rings is 2. The number of rotatable bonds is 8. The molecule has 1 N–H and O–H groups in total. The Morgan fingerprint density at radius 2 is 2.10 bits per heavy atom. The van der Waals surface area contributed by atoms with Crippen molar-refractivity contribution in [2.24, 2.45) is 5.18 Å². The Bertz CT molecular complexity index is 929. The first-order valence-corrected chi connectivity index (χ1v) is 9.47. The third-order valence-electron chi connectivity index (χ3n) is 4.72. The largest absolute Gasteiger partial charge is 0.466 e. The molecule has 1 aliphatic rings. The Morgan fingerprint density at radius 3 is 2.83 bits per heavy atom. The number of hydrogen-bond donors (Lipinski definition) is 1. The summed E-state index contributed by atoms with van der Waals surface area (Å²) in [7, 11) is 1.70. The molecule has 152 valence electrons. The summed E-state index contributed by atoms with van der Waals surface area (Å²) in [5, 5.41) is 5.96. The van der Waals surface area contributed by atoms with Crippen LogP contribution in [0, 0.1) is 4.91 Å². The molecule has 0 saturated carbocycles. The molecule has 1 amide bonds. The normalized spacial score (nSPS) is 12.9. The fourth-order valence-electron chi connectivity index (χ4n) is 3.28. The maximum absolute atomic E-state index is 12.7. The SMILES string of the molecule is CCOC(=O)CCN1CCc2cc(Oc3cccc(NC)c3N=O)ccc2C1=O. The predicted molar refractivity (Wildman–Crippen MR) is 109 cm³/mol. The zero-order chi connectivity index (χ0) is 20.8. The van der Waals surface area contributed by atoms with Crippen LogP contribution in [-0.4, -0.2) is 43.5 Å². The number of nitrogens with zero attached hydrogens (tertiary/aromatic N) is 2. The fourth-order valence-corrected chi connectivity index (χ4v) is 3.28. The number of ether oxygens (including phenoxy) is 2. The Morgan fingerprint density at radius 1 is 1.28 bits per heavy atom. The second-order valence-electron chi connectivity index (χ2n) is 6.51. The molecular weight excluding hydrogens is 374 g/mol. The summed E-state index contributed by atoms with van der Waals surface area (Å²) in [6.45, 7) is 2.94. The number of fused-ring (bicyclic) bond motifs is 1. The average molecular weight is 397 g/mol. The minimum Gasteiger partial charge on any atom is -0.466 e. The van der Waals surface area contributed by atoms with E-state index in [2.05, 4.69) is 10.5 Å². The molecule has 3 rings (SSSR count). The van der Waals surface area contributed by atoms with Crippen molar-refractivity contribution in [2.75, 3.05) is 32.1 Å². The van der Waals surface area contributed by atoms with Crippen LogP contribution in [0.15, 0.2) is 41.6 Å². The number of hydrogen-bond acceptors (Lipinski definition) is 7. The van der Waals surface area contributed by atoms with Crippen molar-refractivity contribution in [1.29, 1.82) is 0 Å². The summed E-state index contributed by atoms with van der Waals surface area (Å²) in [5.41, 5.74) is 2.22. The van der Waals surface area contributed by atoms with Crippen molar-refractivity contribution >= 4 is 23.3 Å². The molecule has 0 atom stereocenters. The summed E-state index contributed by atoms with van der Waals surface area (Å²) in [4.78, 5) is 37.1. The Kier molecular flexibility index (Phi) is 6.43. The Balaban J connectivity index is 1.74. The molecule has 0 bridgehead atoms. The molecule has 1 aliphatic heterocycles. The van der Waals surface area contributed by atoms with Gasteiger partial charge in [0.15, 0.2) is 11.4 Å². The number of amides is 1. The Hall–Kier alpha value is -3.42. The van der Waals surface area contributed by atoms with Gasteiger partial charge < -0.3 is 19.7 Å². The maximum Gasteiger partial charge on any atom is 0.307 e. The van der Waals surface area contributed by atoms with Gasteiger partial charge in [-0.15, -0.1) is 4.91 Å². The van der Waals surface area contributed by atoms with Crippen molar-refractivity contribution in [2.45, 2.75) is 19.8 Å². The second-order valence-corrected chi connectivity index (χ2v) is 6.51. The first kappa shape index (κ1) is 20.3. The molecule has 0 saturated heterocycles. The van der Waals surface area contributed by atoms with E-state index in [9.17, 15) is 14.5 Å². The van der Waals surface area contributed by atoms with E-state index in [0.29, 0.717) is 48.9 Å². The van der Waals surface area contributed by atoms with Crippen LogP contribution in [0.3, 0.4) is 0 Å². The molecule has 1 heterocycles. The van der Waals surface area contributed by atoms with Crippen molar-refractivity contribution in [3.8, 4) is 11.5 Å². The zero-order valence-electron chi connectivity index (χ0n) is 16.4. The summed E-state index contributed by atoms with van der Waals surface area (Å²) in [6, 6.07) is 10.4. The van der Waals surface area contributed by atoms with Gasteiger partial charge in [0.25, 0.3) is 5.91 Å². The topological polar surface area (TPSA) is 97.3 Å². The molecule has 29 heavy (non-hydrogen) atoms. The fraction of sp³-hybridized carbons (Fsp3) is 0.333. The minimum absolute atomic E-state index is 0.116. The number of nitroso groups, excluding NO2 is 1. The third kappa shape index (κ3) is 4.53. The van der Waals surface area contributed by atoms with Gasteiger partial charge in [-0.3, -0.25) is 9.59 Å². The highest BCUT2D eigenvalue weighted by Crippen LogP contribution is 2.38. The molecule has 0 fully saturated rings. The van der Waals surface area contributed by atoms with Gasteiger partial charge in [-0.2, -0.15) is 0 Å². The second kappa shape index (κ2) is 9.18. The first-order chi connectivity index (χ1) is 14.1. The number of carbonyl (C=O) groups excluding carboxylic acids is 2. The van der Waals surface area contributed by atoms with Crippen molar-refractivity contribution in [3.05, 3.63) is 52.4 Å². The van der Waals surface area contributed by atoms with E-state index in [0.717, 1.165) is 5.56 Å². The van der Waals surface area contributed by atoms with Gasteiger partial charge in [0, 0.05) is 25.7 Å². The third-order valence-corrected chi connectivity index (χ3v) is 4.72.